The molecule has 0 amide bonds. The van der Waals surface area contributed by atoms with Gasteiger partial charge in [0.1, 0.15) is 0 Å². The number of phenolic OH excluding ortho intramolecular Hbond substituents is 1. The van der Waals surface area contributed by atoms with Crippen LogP contribution in [-0.4, -0.2) is 18.3 Å². The maximum absolute atomic E-state index is 9.86. The van der Waals surface area contributed by atoms with Crippen LogP contribution in [0.15, 0.2) is 12.1 Å². The number of aromatic hydroxyl groups is 1. The van der Waals surface area contributed by atoms with Crippen molar-refractivity contribution in [2.24, 2.45) is 5.73 Å². The molecule has 1 aromatic rings. The van der Waals surface area contributed by atoms with Crippen LogP contribution in [0.2, 0.25) is 0 Å². The lowest BCUT2D eigenvalue weighted by atomic mass is 9.88. The summed E-state index contributed by atoms with van der Waals surface area (Å²) in [6, 6.07) is 4.02. The Morgan fingerprint density at radius 1 is 1.50 bits per heavy atom. The van der Waals surface area contributed by atoms with Gasteiger partial charge in [0.15, 0.2) is 11.5 Å². The predicted molar refractivity (Wildman–Crippen MR) is 54.7 cm³/mol. The first kappa shape index (κ1) is 9.34. The highest BCUT2D eigenvalue weighted by Crippen LogP contribution is 2.35. The van der Waals surface area contributed by atoms with Crippen LogP contribution in [0.5, 0.6) is 11.5 Å². The second-order valence-corrected chi connectivity index (χ2v) is 3.76. The number of benzene rings is 1. The molecule has 0 saturated carbocycles. The van der Waals surface area contributed by atoms with E-state index >= 15 is 0 Å². The van der Waals surface area contributed by atoms with E-state index in [0.717, 1.165) is 30.4 Å². The van der Waals surface area contributed by atoms with Gasteiger partial charge in [0.2, 0.25) is 0 Å². The molecule has 3 N–H and O–H groups in total. The van der Waals surface area contributed by atoms with E-state index in [1.807, 2.05) is 6.07 Å². The fourth-order valence-electron chi connectivity index (χ4n) is 2.01. The molecule has 0 saturated heterocycles. The quantitative estimate of drug-likeness (QED) is 0.705. The summed E-state index contributed by atoms with van der Waals surface area (Å²) in [5, 5.41) is 9.86. The van der Waals surface area contributed by atoms with Crippen LogP contribution in [0.25, 0.3) is 0 Å². The molecule has 0 spiro atoms. The molecule has 0 aliphatic heterocycles. The molecular formula is C11H15NO2. The molecule has 0 fully saturated rings. The number of hydrogen-bond donors (Lipinski definition) is 2. The smallest absolute Gasteiger partial charge is 0.161 e. The highest BCUT2D eigenvalue weighted by molar-refractivity contribution is 5.51. The molecular weight excluding hydrogens is 178 g/mol. The zero-order chi connectivity index (χ0) is 10.1. The third-order valence-electron chi connectivity index (χ3n) is 2.81. The zero-order valence-corrected chi connectivity index (χ0v) is 8.29. The summed E-state index contributed by atoms with van der Waals surface area (Å²) < 4.78 is 5.06. The van der Waals surface area contributed by atoms with E-state index in [-0.39, 0.29) is 11.8 Å². The first-order chi connectivity index (χ1) is 6.72. The van der Waals surface area contributed by atoms with E-state index < -0.39 is 0 Å². The van der Waals surface area contributed by atoms with Crippen molar-refractivity contribution in [1.29, 1.82) is 0 Å². The fourth-order valence-corrected chi connectivity index (χ4v) is 2.01. The van der Waals surface area contributed by atoms with Crippen LogP contribution in [0.3, 0.4) is 0 Å². The van der Waals surface area contributed by atoms with Gasteiger partial charge in [0, 0.05) is 11.6 Å². The number of nitrogens with two attached hydrogens (primary N) is 1. The fraction of sp³-hybridized carbons (Fsp3) is 0.455. The Morgan fingerprint density at radius 2 is 2.29 bits per heavy atom. The minimum absolute atomic E-state index is 0.232. The molecule has 14 heavy (non-hydrogen) atoms. The number of ether oxygens (including phenoxy) is 1. The molecule has 3 heteroatoms. The summed E-state index contributed by atoms with van der Waals surface area (Å²) >= 11 is 0. The van der Waals surface area contributed by atoms with Gasteiger partial charge in [0.25, 0.3) is 0 Å². The Morgan fingerprint density at radius 3 is 3.00 bits per heavy atom. The van der Waals surface area contributed by atoms with Crippen molar-refractivity contribution >= 4 is 0 Å². The molecule has 2 rings (SSSR count). The monoisotopic (exact) mass is 193 g/mol. The Bertz CT molecular complexity index is 349. The standard InChI is InChI=1S/C11H15NO2/c1-14-10-5-2-7-6-8(12)3-4-9(7)11(10)13/h2,5,8,13H,3-4,6,12H2,1H3. The SMILES string of the molecule is COc1ccc2c(c1O)CCC(N)C2. The number of phenols is 1. The summed E-state index contributed by atoms with van der Waals surface area (Å²) in [4.78, 5) is 0. The Hall–Kier alpha value is -1.22. The molecule has 0 aromatic heterocycles. The van der Waals surface area contributed by atoms with Gasteiger partial charge in [-0.1, -0.05) is 6.07 Å². The number of fused-ring (bicyclic) bond motifs is 1. The van der Waals surface area contributed by atoms with E-state index in [9.17, 15) is 5.11 Å². The Balaban J connectivity index is 2.43. The van der Waals surface area contributed by atoms with Crippen molar-refractivity contribution in [3.63, 3.8) is 0 Å². The first-order valence-electron chi connectivity index (χ1n) is 4.85. The van der Waals surface area contributed by atoms with Gasteiger partial charge in [-0.05, 0) is 30.9 Å². The number of methoxy groups -OCH3 is 1. The third-order valence-corrected chi connectivity index (χ3v) is 2.81. The number of rotatable bonds is 1. The molecule has 0 bridgehead atoms. The zero-order valence-electron chi connectivity index (χ0n) is 8.29. The molecule has 1 aromatic carbocycles. The Labute approximate surface area is 83.5 Å². The third kappa shape index (κ3) is 1.44. The van der Waals surface area contributed by atoms with Crippen molar-refractivity contribution in [2.75, 3.05) is 7.11 Å². The van der Waals surface area contributed by atoms with E-state index in [0.29, 0.717) is 5.75 Å². The first-order valence-corrected chi connectivity index (χ1v) is 4.85. The minimum Gasteiger partial charge on any atom is -0.504 e. The van der Waals surface area contributed by atoms with E-state index in [2.05, 4.69) is 0 Å². The van der Waals surface area contributed by atoms with Gasteiger partial charge in [-0.25, -0.2) is 0 Å². The second kappa shape index (κ2) is 3.50. The summed E-state index contributed by atoms with van der Waals surface area (Å²) in [5.74, 6) is 0.844. The lowest BCUT2D eigenvalue weighted by molar-refractivity contribution is 0.367. The van der Waals surface area contributed by atoms with Gasteiger partial charge in [-0.3, -0.25) is 0 Å². The van der Waals surface area contributed by atoms with Gasteiger partial charge in [0.05, 0.1) is 7.11 Å². The molecule has 1 unspecified atom stereocenters. The average Bonchev–Trinajstić information content (AvgIpc) is 2.18. The van der Waals surface area contributed by atoms with Crippen molar-refractivity contribution < 1.29 is 9.84 Å². The largest absolute Gasteiger partial charge is 0.504 e. The van der Waals surface area contributed by atoms with Gasteiger partial charge >= 0.3 is 0 Å². The van der Waals surface area contributed by atoms with Crippen molar-refractivity contribution in [1.82, 2.24) is 0 Å². The maximum atomic E-state index is 9.86. The number of hydrogen-bond acceptors (Lipinski definition) is 3. The Kier molecular flexibility index (Phi) is 2.33. The molecule has 0 heterocycles. The van der Waals surface area contributed by atoms with Crippen LogP contribution < -0.4 is 10.5 Å². The van der Waals surface area contributed by atoms with E-state index in [1.165, 1.54) is 0 Å². The lowest BCUT2D eigenvalue weighted by Crippen LogP contribution is -2.27. The molecule has 76 valence electrons. The van der Waals surface area contributed by atoms with Crippen LogP contribution in [0.4, 0.5) is 0 Å². The summed E-state index contributed by atoms with van der Waals surface area (Å²) in [7, 11) is 1.57. The lowest BCUT2D eigenvalue weighted by Gasteiger charge is -2.22. The summed E-state index contributed by atoms with van der Waals surface area (Å²) in [6.45, 7) is 0. The minimum atomic E-state index is 0.232. The highest BCUT2D eigenvalue weighted by atomic mass is 16.5. The topological polar surface area (TPSA) is 55.5 Å². The molecule has 1 atom stereocenters. The van der Waals surface area contributed by atoms with Gasteiger partial charge in [-0.15, -0.1) is 0 Å². The second-order valence-electron chi connectivity index (χ2n) is 3.76. The van der Waals surface area contributed by atoms with E-state index in [1.54, 1.807) is 13.2 Å². The summed E-state index contributed by atoms with van der Waals surface area (Å²) in [5.41, 5.74) is 8.02. The van der Waals surface area contributed by atoms with Gasteiger partial charge in [-0.2, -0.15) is 0 Å². The normalized spacial score (nSPS) is 20.3. The summed E-state index contributed by atoms with van der Waals surface area (Å²) in [6.07, 6.45) is 2.64. The van der Waals surface area contributed by atoms with Crippen molar-refractivity contribution in [3.05, 3.63) is 23.3 Å². The van der Waals surface area contributed by atoms with Crippen LogP contribution in [-0.2, 0) is 12.8 Å². The van der Waals surface area contributed by atoms with Crippen LogP contribution in [0, 0.1) is 0 Å². The predicted octanol–water partition coefficient (Wildman–Crippen LogP) is 1.22. The van der Waals surface area contributed by atoms with Crippen LogP contribution in [0.1, 0.15) is 17.5 Å². The average molecular weight is 193 g/mol. The van der Waals surface area contributed by atoms with E-state index in [4.69, 9.17) is 10.5 Å². The molecule has 0 radical (unpaired) electrons. The van der Waals surface area contributed by atoms with Gasteiger partial charge < -0.3 is 15.6 Å². The molecule has 1 aliphatic rings. The highest BCUT2D eigenvalue weighted by Gasteiger charge is 2.20. The van der Waals surface area contributed by atoms with Crippen LogP contribution >= 0.6 is 0 Å². The maximum Gasteiger partial charge on any atom is 0.161 e. The molecule has 1 aliphatic carbocycles. The van der Waals surface area contributed by atoms with Crippen molar-refractivity contribution in [3.8, 4) is 11.5 Å². The van der Waals surface area contributed by atoms with Crippen molar-refractivity contribution in [2.45, 2.75) is 25.3 Å². The molecule has 3 nitrogen and oxygen atoms in total.